The molecule has 2 N–H and O–H groups in total. The predicted octanol–water partition coefficient (Wildman–Crippen LogP) is 1.96. The maximum atomic E-state index is 10.0. The van der Waals surface area contributed by atoms with Gasteiger partial charge in [-0.2, -0.15) is 0 Å². The third kappa shape index (κ3) is 5.32. The first kappa shape index (κ1) is 16.2. The average molecular weight is 285 g/mol. The molecule has 4 heteroatoms. The van der Waals surface area contributed by atoms with Crippen LogP contribution in [0.1, 0.15) is 46.0 Å². The second-order valence-corrected chi connectivity index (χ2v) is 6.69. The van der Waals surface area contributed by atoms with Crippen molar-refractivity contribution in [2.45, 2.75) is 64.2 Å². The molecule has 3 unspecified atom stereocenters. The highest BCUT2D eigenvalue weighted by Crippen LogP contribution is 2.25. The Hall–Kier alpha value is -0.160. The van der Waals surface area contributed by atoms with Gasteiger partial charge < -0.3 is 19.9 Å². The number of hydrogen-bond donors (Lipinski definition) is 2. The summed E-state index contributed by atoms with van der Waals surface area (Å²) in [5, 5.41) is 13.4. The molecule has 118 valence electrons. The Balaban J connectivity index is 1.54. The fourth-order valence-electron chi connectivity index (χ4n) is 3.14. The number of aliphatic hydroxyl groups excluding tert-OH is 1. The summed E-state index contributed by atoms with van der Waals surface area (Å²) in [6.07, 6.45) is 5.91. The molecule has 1 heterocycles. The van der Waals surface area contributed by atoms with Gasteiger partial charge in [0, 0.05) is 19.2 Å². The Labute approximate surface area is 123 Å². The fourth-order valence-corrected chi connectivity index (χ4v) is 3.14. The van der Waals surface area contributed by atoms with E-state index in [4.69, 9.17) is 9.47 Å². The summed E-state index contributed by atoms with van der Waals surface area (Å²) in [5.74, 6) is 1.43. The summed E-state index contributed by atoms with van der Waals surface area (Å²) >= 11 is 0. The maximum absolute atomic E-state index is 10.0. The summed E-state index contributed by atoms with van der Waals surface area (Å²) in [5.41, 5.74) is 0. The minimum atomic E-state index is -0.404. The second kappa shape index (κ2) is 8.32. The van der Waals surface area contributed by atoms with Crippen molar-refractivity contribution in [2.24, 2.45) is 11.8 Å². The van der Waals surface area contributed by atoms with Gasteiger partial charge in [-0.25, -0.2) is 0 Å². The van der Waals surface area contributed by atoms with E-state index in [9.17, 15) is 5.11 Å². The first-order valence-corrected chi connectivity index (χ1v) is 8.26. The van der Waals surface area contributed by atoms with Crippen molar-refractivity contribution in [3.63, 3.8) is 0 Å². The van der Waals surface area contributed by atoms with Crippen LogP contribution in [-0.4, -0.2) is 49.7 Å². The van der Waals surface area contributed by atoms with Crippen molar-refractivity contribution >= 4 is 0 Å². The van der Waals surface area contributed by atoms with Crippen LogP contribution in [0.5, 0.6) is 0 Å². The van der Waals surface area contributed by atoms with E-state index in [1.807, 2.05) is 0 Å². The molecule has 2 rings (SSSR count). The molecule has 0 spiro atoms. The van der Waals surface area contributed by atoms with E-state index >= 15 is 0 Å². The Kier molecular flexibility index (Phi) is 6.75. The lowest BCUT2D eigenvalue weighted by atomic mass is 9.89. The van der Waals surface area contributed by atoms with Gasteiger partial charge >= 0.3 is 0 Å². The van der Waals surface area contributed by atoms with Crippen LogP contribution < -0.4 is 5.32 Å². The van der Waals surface area contributed by atoms with Gasteiger partial charge in [0.1, 0.15) is 0 Å². The summed E-state index contributed by atoms with van der Waals surface area (Å²) in [4.78, 5) is 0. The normalized spacial score (nSPS) is 34.0. The molecule has 0 radical (unpaired) electrons. The number of rotatable bonds is 7. The molecule has 1 aliphatic carbocycles. The first-order valence-electron chi connectivity index (χ1n) is 8.26. The van der Waals surface area contributed by atoms with Crippen molar-refractivity contribution in [1.82, 2.24) is 5.32 Å². The van der Waals surface area contributed by atoms with Crippen molar-refractivity contribution in [3.8, 4) is 0 Å². The maximum Gasteiger partial charge on any atom is 0.0897 e. The zero-order valence-electron chi connectivity index (χ0n) is 13.0. The monoisotopic (exact) mass is 285 g/mol. The predicted molar refractivity (Wildman–Crippen MR) is 79.8 cm³/mol. The standard InChI is InChI=1S/C16H31NO3/c1-12-3-5-16(6-4-12)20-11-15(18)9-17-13(2)14-7-8-19-10-14/h12-18H,3-11H2,1-2H3. The van der Waals surface area contributed by atoms with Gasteiger partial charge in [-0.3, -0.25) is 0 Å². The summed E-state index contributed by atoms with van der Waals surface area (Å²) in [7, 11) is 0. The van der Waals surface area contributed by atoms with E-state index in [0.29, 0.717) is 31.2 Å². The number of aliphatic hydroxyl groups is 1. The Morgan fingerprint density at radius 3 is 2.65 bits per heavy atom. The van der Waals surface area contributed by atoms with E-state index in [-0.39, 0.29) is 0 Å². The van der Waals surface area contributed by atoms with Crippen molar-refractivity contribution in [2.75, 3.05) is 26.4 Å². The molecular weight excluding hydrogens is 254 g/mol. The number of nitrogens with one attached hydrogen (secondary N) is 1. The molecule has 1 saturated carbocycles. The van der Waals surface area contributed by atoms with Crippen LogP contribution in [0.15, 0.2) is 0 Å². The molecule has 20 heavy (non-hydrogen) atoms. The third-order valence-electron chi connectivity index (χ3n) is 4.83. The fraction of sp³-hybridized carbons (Fsp3) is 1.00. The van der Waals surface area contributed by atoms with Crippen LogP contribution >= 0.6 is 0 Å². The average Bonchev–Trinajstić information content (AvgIpc) is 2.98. The first-order chi connectivity index (χ1) is 9.65. The van der Waals surface area contributed by atoms with Gasteiger partial charge in [-0.05, 0) is 50.9 Å². The van der Waals surface area contributed by atoms with Crippen LogP contribution in [0, 0.1) is 11.8 Å². The van der Waals surface area contributed by atoms with Crippen molar-refractivity contribution < 1.29 is 14.6 Å². The zero-order valence-corrected chi connectivity index (χ0v) is 13.0. The molecule has 0 bridgehead atoms. The minimum absolute atomic E-state index is 0.363. The molecule has 2 aliphatic rings. The van der Waals surface area contributed by atoms with Crippen molar-refractivity contribution in [3.05, 3.63) is 0 Å². The third-order valence-corrected chi connectivity index (χ3v) is 4.83. The van der Waals surface area contributed by atoms with E-state index in [2.05, 4.69) is 19.2 Å². The molecule has 2 fully saturated rings. The van der Waals surface area contributed by atoms with Gasteiger partial charge in [0.15, 0.2) is 0 Å². The molecule has 1 saturated heterocycles. The Morgan fingerprint density at radius 2 is 2.00 bits per heavy atom. The SMILES string of the molecule is CC1CCC(OCC(O)CNC(C)C2CCOC2)CC1. The van der Waals surface area contributed by atoms with Gasteiger partial charge in [-0.15, -0.1) is 0 Å². The molecule has 4 nitrogen and oxygen atoms in total. The number of ether oxygens (including phenoxy) is 2. The molecule has 1 aliphatic heterocycles. The highest BCUT2D eigenvalue weighted by molar-refractivity contribution is 4.77. The summed E-state index contributed by atoms with van der Waals surface area (Å²) in [6, 6.07) is 0.405. The lowest BCUT2D eigenvalue weighted by Gasteiger charge is -2.27. The molecule has 0 aromatic heterocycles. The van der Waals surface area contributed by atoms with Crippen LogP contribution in [0.25, 0.3) is 0 Å². The van der Waals surface area contributed by atoms with Crippen LogP contribution in [0.3, 0.4) is 0 Å². The topological polar surface area (TPSA) is 50.7 Å². The molecule has 3 atom stereocenters. The second-order valence-electron chi connectivity index (χ2n) is 6.69. The lowest BCUT2D eigenvalue weighted by Crippen LogP contribution is -2.40. The molecular formula is C16H31NO3. The minimum Gasteiger partial charge on any atom is -0.389 e. The van der Waals surface area contributed by atoms with Gasteiger partial charge in [0.2, 0.25) is 0 Å². The summed E-state index contributed by atoms with van der Waals surface area (Å²) < 4.78 is 11.2. The summed E-state index contributed by atoms with van der Waals surface area (Å²) in [6.45, 7) is 7.28. The van der Waals surface area contributed by atoms with Gasteiger partial charge in [-0.1, -0.05) is 6.92 Å². The zero-order chi connectivity index (χ0) is 14.4. The Bertz CT molecular complexity index is 260. The quantitative estimate of drug-likeness (QED) is 0.751. The molecule has 0 aromatic carbocycles. The van der Waals surface area contributed by atoms with E-state index in [0.717, 1.165) is 38.4 Å². The highest BCUT2D eigenvalue weighted by Gasteiger charge is 2.23. The molecule has 0 amide bonds. The lowest BCUT2D eigenvalue weighted by molar-refractivity contribution is -0.0286. The van der Waals surface area contributed by atoms with E-state index in [1.165, 1.54) is 12.8 Å². The highest BCUT2D eigenvalue weighted by atomic mass is 16.5. The van der Waals surface area contributed by atoms with Crippen LogP contribution in [0.4, 0.5) is 0 Å². The smallest absolute Gasteiger partial charge is 0.0897 e. The Morgan fingerprint density at radius 1 is 1.25 bits per heavy atom. The van der Waals surface area contributed by atoms with E-state index in [1.54, 1.807) is 0 Å². The van der Waals surface area contributed by atoms with Crippen LogP contribution in [0.2, 0.25) is 0 Å². The number of hydrogen-bond acceptors (Lipinski definition) is 4. The van der Waals surface area contributed by atoms with E-state index < -0.39 is 6.10 Å². The van der Waals surface area contributed by atoms with Crippen LogP contribution in [-0.2, 0) is 9.47 Å². The van der Waals surface area contributed by atoms with Gasteiger partial charge in [0.25, 0.3) is 0 Å². The van der Waals surface area contributed by atoms with Crippen molar-refractivity contribution in [1.29, 1.82) is 0 Å². The van der Waals surface area contributed by atoms with Gasteiger partial charge in [0.05, 0.1) is 25.4 Å². The molecule has 0 aromatic rings. The largest absolute Gasteiger partial charge is 0.389 e.